The molecule has 0 radical (unpaired) electrons. The molecule has 1 rings (SSSR count). The van der Waals surface area contributed by atoms with Crippen LogP contribution in [0.1, 0.15) is 32.0 Å². The molecule has 0 saturated heterocycles. The minimum Gasteiger partial charge on any atom is -0.444 e. The molecule has 0 spiro atoms. The van der Waals surface area contributed by atoms with Crippen LogP contribution in [0.5, 0.6) is 0 Å². The highest BCUT2D eigenvalue weighted by Gasteiger charge is 2.16. The second-order valence-corrected chi connectivity index (χ2v) is 5.95. The van der Waals surface area contributed by atoms with E-state index in [0.717, 1.165) is 17.0 Å². The first kappa shape index (κ1) is 14.8. The van der Waals surface area contributed by atoms with Gasteiger partial charge >= 0.3 is 6.09 Å². The molecule has 0 unspecified atom stereocenters. The lowest BCUT2D eigenvalue weighted by atomic mass is 10.2. The molecule has 1 N–H and O–H groups in total. The molecule has 1 aromatic rings. The molecule has 100 valence electrons. The molecule has 1 heterocycles. The van der Waals surface area contributed by atoms with Crippen LogP contribution in [0.2, 0.25) is 0 Å². The van der Waals surface area contributed by atoms with Gasteiger partial charge in [-0.2, -0.15) is 11.8 Å². The highest BCUT2D eigenvalue weighted by Crippen LogP contribution is 2.15. The van der Waals surface area contributed by atoms with Crippen LogP contribution < -0.4 is 5.32 Å². The fourth-order valence-electron chi connectivity index (χ4n) is 1.43. The highest BCUT2D eigenvalue weighted by molar-refractivity contribution is 7.97. The summed E-state index contributed by atoms with van der Waals surface area (Å²) in [5, 5.41) is 2.66. The van der Waals surface area contributed by atoms with E-state index >= 15 is 0 Å². The van der Waals surface area contributed by atoms with E-state index in [1.807, 2.05) is 46.1 Å². The number of aryl methyl sites for hydroxylation is 1. The molecule has 0 aliphatic rings. The molecular weight excluding hydrogens is 248 g/mol. The summed E-state index contributed by atoms with van der Waals surface area (Å²) < 4.78 is 5.19. The maximum absolute atomic E-state index is 11.6. The van der Waals surface area contributed by atoms with Gasteiger partial charge in [-0.15, -0.1) is 0 Å². The van der Waals surface area contributed by atoms with E-state index in [0.29, 0.717) is 5.82 Å². The Morgan fingerprint density at radius 1 is 1.44 bits per heavy atom. The molecule has 0 bridgehead atoms. The summed E-state index contributed by atoms with van der Waals surface area (Å²) in [6.07, 6.45) is 1.54. The van der Waals surface area contributed by atoms with Gasteiger partial charge < -0.3 is 4.74 Å². The van der Waals surface area contributed by atoms with E-state index in [1.165, 1.54) is 0 Å². The van der Waals surface area contributed by atoms with E-state index in [9.17, 15) is 4.79 Å². The number of ether oxygens (including phenoxy) is 1. The molecule has 18 heavy (non-hydrogen) atoms. The smallest absolute Gasteiger partial charge is 0.413 e. The van der Waals surface area contributed by atoms with Crippen LogP contribution in [0.25, 0.3) is 0 Å². The molecule has 0 aromatic carbocycles. The van der Waals surface area contributed by atoms with Crippen LogP contribution >= 0.6 is 11.8 Å². The molecule has 0 fully saturated rings. The van der Waals surface area contributed by atoms with Crippen LogP contribution in [-0.4, -0.2) is 22.9 Å². The predicted molar refractivity (Wildman–Crippen MR) is 76.0 cm³/mol. The van der Waals surface area contributed by atoms with Crippen molar-refractivity contribution < 1.29 is 9.53 Å². The third-order valence-electron chi connectivity index (χ3n) is 1.94. The van der Waals surface area contributed by atoms with Crippen molar-refractivity contribution in [3.8, 4) is 0 Å². The Hall–Kier alpha value is -1.23. The van der Waals surface area contributed by atoms with Crippen LogP contribution in [0.15, 0.2) is 12.1 Å². The second kappa shape index (κ2) is 6.09. The van der Waals surface area contributed by atoms with Crippen molar-refractivity contribution in [2.45, 2.75) is 39.0 Å². The number of hydrogen-bond acceptors (Lipinski definition) is 4. The molecule has 0 atom stereocenters. The van der Waals surface area contributed by atoms with Gasteiger partial charge in [0.1, 0.15) is 11.4 Å². The molecule has 0 saturated carbocycles. The number of pyridine rings is 1. The molecule has 4 nitrogen and oxygen atoms in total. The Morgan fingerprint density at radius 2 is 2.11 bits per heavy atom. The van der Waals surface area contributed by atoms with Gasteiger partial charge in [0.05, 0.1) is 5.69 Å². The van der Waals surface area contributed by atoms with Crippen molar-refractivity contribution in [1.82, 2.24) is 4.98 Å². The molecular formula is C13H20N2O2S. The van der Waals surface area contributed by atoms with Gasteiger partial charge in [-0.25, -0.2) is 9.78 Å². The first-order chi connectivity index (χ1) is 8.30. The zero-order chi connectivity index (χ0) is 13.8. The molecule has 5 heteroatoms. The summed E-state index contributed by atoms with van der Waals surface area (Å²) in [5.74, 6) is 1.36. The lowest BCUT2D eigenvalue weighted by Crippen LogP contribution is -2.27. The number of hydrogen-bond donors (Lipinski definition) is 1. The van der Waals surface area contributed by atoms with Gasteiger partial charge in [-0.3, -0.25) is 5.32 Å². The lowest BCUT2D eigenvalue weighted by Gasteiger charge is -2.19. The summed E-state index contributed by atoms with van der Waals surface area (Å²) in [7, 11) is 0. The number of rotatable bonds is 3. The maximum Gasteiger partial charge on any atom is 0.413 e. The monoisotopic (exact) mass is 268 g/mol. The number of nitrogens with one attached hydrogen (secondary N) is 1. The van der Waals surface area contributed by atoms with Gasteiger partial charge in [0.15, 0.2) is 0 Å². The van der Waals surface area contributed by atoms with Crippen LogP contribution in [0, 0.1) is 6.92 Å². The zero-order valence-corrected chi connectivity index (χ0v) is 12.4. The zero-order valence-electron chi connectivity index (χ0n) is 11.5. The van der Waals surface area contributed by atoms with Crippen molar-refractivity contribution >= 4 is 23.7 Å². The summed E-state index contributed by atoms with van der Waals surface area (Å²) in [4.78, 5) is 16.0. The minimum atomic E-state index is -0.504. The van der Waals surface area contributed by atoms with Gasteiger partial charge in [0, 0.05) is 5.75 Å². The fourth-order valence-corrected chi connectivity index (χ4v) is 1.88. The number of nitrogens with zero attached hydrogens (tertiary/aromatic N) is 1. The minimum absolute atomic E-state index is 0.476. The van der Waals surface area contributed by atoms with Gasteiger partial charge in [0.25, 0.3) is 0 Å². The summed E-state index contributed by atoms with van der Waals surface area (Å²) in [6.45, 7) is 7.46. The SMILES string of the molecule is CSCc1cc(C)cc(NC(=O)OC(C)(C)C)n1. The van der Waals surface area contributed by atoms with Crippen molar-refractivity contribution in [1.29, 1.82) is 0 Å². The standard InChI is InChI=1S/C13H20N2O2S/c1-9-6-10(8-18-5)14-11(7-9)15-12(16)17-13(2,3)4/h6-7H,8H2,1-5H3,(H,14,15,16). The highest BCUT2D eigenvalue weighted by atomic mass is 32.2. The van der Waals surface area contributed by atoms with Crippen molar-refractivity contribution in [3.63, 3.8) is 0 Å². The molecule has 0 aliphatic carbocycles. The lowest BCUT2D eigenvalue weighted by molar-refractivity contribution is 0.0635. The van der Waals surface area contributed by atoms with Crippen molar-refractivity contribution in [2.24, 2.45) is 0 Å². The number of thioether (sulfide) groups is 1. The number of carbonyl (C=O) groups is 1. The van der Waals surface area contributed by atoms with Crippen LogP contribution in [0.4, 0.5) is 10.6 Å². The predicted octanol–water partition coefficient (Wildman–Crippen LogP) is 3.60. The quantitative estimate of drug-likeness (QED) is 0.910. The summed E-state index contributed by atoms with van der Waals surface area (Å²) in [6, 6.07) is 3.84. The average Bonchev–Trinajstić information content (AvgIpc) is 2.12. The normalized spacial score (nSPS) is 11.2. The van der Waals surface area contributed by atoms with Crippen molar-refractivity contribution in [3.05, 3.63) is 23.4 Å². The Balaban J connectivity index is 2.75. The molecule has 0 aliphatic heterocycles. The third-order valence-corrected chi connectivity index (χ3v) is 2.53. The summed E-state index contributed by atoms with van der Waals surface area (Å²) >= 11 is 1.69. The van der Waals surface area contributed by atoms with E-state index in [-0.39, 0.29) is 0 Å². The van der Waals surface area contributed by atoms with Crippen LogP contribution in [0.3, 0.4) is 0 Å². The van der Waals surface area contributed by atoms with E-state index in [2.05, 4.69) is 10.3 Å². The maximum atomic E-state index is 11.6. The number of aromatic nitrogens is 1. The average molecular weight is 268 g/mol. The van der Waals surface area contributed by atoms with E-state index in [4.69, 9.17) is 4.74 Å². The number of amides is 1. The molecule has 1 aromatic heterocycles. The second-order valence-electron chi connectivity index (χ2n) is 5.08. The van der Waals surface area contributed by atoms with Crippen LogP contribution in [-0.2, 0) is 10.5 Å². The Kier molecular flexibility index (Phi) is 5.02. The largest absolute Gasteiger partial charge is 0.444 e. The number of anilines is 1. The first-order valence-corrected chi connectivity index (χ1v) is 7.16. The van der Waals surface area contributed by atoms with Gasteiger partial charge in [-0.05, 0) is 51.6 Å². The third kappa shape index (κ3) is 5.40. The Morgan fingerprint density at radius 3 is 2.67 bits per heavy atom. The molecule has 1 amide bonds. The Bertz CT molecular complexity index is 427. The topological polar surface area (TPSA) is 51.2 Å². The van der Waals surface area contributed by atoms with Crippen molar-refractivity contribution in [2.75, 3.05) is 11.6 Å². The van der Waals surface area contributed by atoms with Gasteiger partial charge in [0.2, 0.25) is 0 Å². The summed E-state index contributed by atoms with van der Waals surface area (Å²) in [5.41, 5.74) is 1.52. The Labute approximate surface area is 113 Å². The van der Waals surface area contributed by atoms with E-state index in [1.54, 1.807) is 11.8 Å². The van der Waals surface area contributed by atoms with E-state index < -0.39 is 11.7 Å². The number of carbonyl (C=O) groups excluding carboxylic acids is 1. The van der Waals surface area contributed by atoms with Gasteiger partial charge in [-0.1, -0.05) is 0 Å². The fraction of sp³-hybridized carbons (Fsp3) is 0.538. The first-order valence-electron chi connectivity index (χ1n) is 5.76.